The zero-order valence-corrected chi connectivity index (χ0v) is 8.36. The van der Waals surface area contributed by atoms with Gasteiger partial charge in [0.25, 0.3) is 0 Å². The molecule has 0 heterocycles. The van der Waals surface area contributed by atoms with Crippen LogP contribution < -0.4 is 11.1 Å². The van der Waals surface area contributed by atoms with Crippen molar-refractivity contribution in [3.63, 3.8) is 0 Å². The molecule has 0 aromatic carbocycles. The van der Waals surface area contributed by atoms with Gasteiger partial charge in [0, 0.05) is 12.6 Å². The number of unbranched alkanes of at least 4 members (excludes halogenated alkanes) is 1. The standard InChI is InChI=1S/C9H17N3O2/c1-2-3-6-11-9(10)12-7-4-5-8(13)14/h4-5H,2-3,6-7H2,1H3,(H,13,14)(H3,10,11,12)/b5-4+. The zero-order valence-electron chi connectivity index (χ0n) is 8.36. The molecule has 0 fully saturated rings. The van der Waals surface area contributed by atoms with E-state index >= 15 is 0 Å². The first-order valence-electron chi connectivity index (χ1n) is 4.60. The Morgan fingerprint density at radius 3 is 2.93 bits per heavy atom. The number of hydrogen-bond donors (Lipinski definition) is 3. The summed E-state index contributed by atoms with van der Waals surface area (Å²) >= 11 is 0. The molecule has 0 atom stereocenters. The fraction of sp³-hybridized carbons (Fsp3) is 0.556. The lowest BCUT2D eigenvalue weighted by molar-refractivity contribution is -0.131. The number of carboxylic acid groups (broad SMARTS) is 1. The SMILES string of the molecule is CCCCNC(N)=NC/C=C/C(=O)O. The highest BCUT2D eigenvalue weighted by Crippen LogP contribution is 1.82. The molecular formula is C9H17N3O2. The molecule has 0 saturated carbocycles. The largest absolute Gasteiger partial charge is 0.478 e. The molecular weight excluding hydrogens is 182 g/mol. The third-order valence-corrected chi connectivity index (χ3v) is 1.46. The van der Waals surface area contributed by atoms with Crippen LogP contribution in [0.15, 0.2) is 17.1 Å². The number of nitrogens with zero attached hydrogens (tertiary/aromatic N) is 1. The summed E-state index contributed by atoms with van der Waals surface area (Å²) in [6.07, 6.45) is 4.62. The molecule has 0 aliphatic heterocycles. The number of rotatable bonds is 6. The predicted octanol–water partition coefficient (Wildman–Crippen LogP) is 0.332. The van der Waals surface area contributed by atoms with Gasteiger partial charge in [0.2, 0.25) is 0 Å². The topological polar surface area (TPSA) is 87.7 Å². The van der Waals surface area contributed by atoms with E-state index in [1.807, 2.05) is 0 Å². The maximum atomic E-state index is 10.1. The minimum Gasteiger partial charge on any atom is -0.478 e. The number of nitrogens with two attached hydrogens (primary N) is 1. The van der Waals surface area contributed by atoms with Gasteiger partial charge in [-0.25, -0.2) is 9.79 Å². The highest BCUT2D eigenvalue weighted by molar-refractivity contribution is 5.80. The normalized spacial score (nSPS) is 11.9. The zero-order chi connectivity index (χ0) is 10.8. The van der Waals surface area contributed by atoms with E-state index in [1.54, 1.807) is 0 Å². The number of hydrogen-bond acceptors (Lipinski definition) is 2. The Hall–Kier alpha value is -1.52. The third kappa shape index (κ3) is 8.58. The molecule has 0 amide bonds. The van der Waals surface area contributed by atoms with Gasteiger partial charge < -0.3 is 16.2 Å². The highest BCUT2D eigenvalue weighted by atomic mass is 16.4. The molecule has 0 aliphatic rings. The van der Waals surface area contributed by atoms with Crippen molar-refractivity contribution >= 4 is 11.9 Å². The molecule has 0 radical (unpaired) electrons. The molecule has 5 heteroatoms. The number of aliphatic carboxylic acids is 1. The average Bonchev–Trinajstić information content (AvgIpc) is 2.13. The fourth-order valence-electron chi connectivity index (χ4n) is 0.754. The average molecular weight is 199 g/mol. The van der Waals surface area contributed by atoms with Gasteiger partial charge in [0.05, 0.1) is 6.54 Å². The molecule has 0 saturated heterocycles. The van der Waals surface area contributed by atoms with E-state index in [0.717, 1.165) is 25.5 Å². The van der Waals surface area contributed by atoms with Crippen molar-refractivity contribution in [1.82, 2.24) is 5.32 Å². The van der Waals surface area contributed by atoms with Gasteiger partial charge in [-0.1, -0.05) is 19.4 Å². The van der Waals surface area contributed by atoms with E-state index in [1.165, 1.54) is 6.08 Å². The van der Waals surface area contributed by atoms with E-state index in [9.17, 15) is 4.79 Å². The van der Waals surface area contributed by atoms with Crippen LogP contribution in [0, 0.1) is 0 Å². The van der Waals surface area contributed by atoms with E-state index < -0.39 is 5.97 Å². The number of guanidine groups is 1. The van der Waals surface area contributed by atoms with E-state index in [0.29, 0.717) is 5.96 Å². The van der Waals surface area contributed by atoms with Crippen molar-refractivity contribution in [3.05, 3.63) is 12.2 Å². The van der Waals surface area contributed by atoms with Gasteiger partial charge in [0.1, 0.15) is 0 Å². The van der Waals surface area contributed by atoms with Gasteiger partial charge in [0.15, 0.2) is 5.96 Å². The summed E-state index contributed by atoms with van der Waals surface area (Å²) in [5.41, 5.74) is 5.49. The van der Waals surface area contributed by atoms with Crippen LogP contribution in [0.5, 0.6) is 0 Å². The lowest BCUT2D eigenvalue weighted by atomic mass is 10.3. The van der Waals surface area contributed by atoms with E-state index in [4.69, 9.17) is 10.8 Å². The third-order valence-electron chi connectivity index (χ3n) is 1.46. The Morgan fingerprint density at radius 1 is 1.64 bits per heavy atom. The summed E-state index contributed by atoms with van der Waals surface area (Å²) in [5, 5.41) is 11.2. The maximum Gasteiger partial charge on any atom is 0.328 e. The molecule has 14 heavy (non-hydrogen) atoms. The first kappa shape index (κ1) is 12.5. The van der Waals surface area contributed by atoms with Gasteiger partial charge >= 0.3 is 5.97 Å². The fourth-order valence-corrected chi connectivity index (χ4v) is 0.754. The first-order valence-corrected chi connectivity index (χ1v) is 4.60. The molecule has 0 aliphatic carbocycles. The number of carbonyl (C=O) groups is 1. The maximum absolute atomic E-state index is 10.1. The van der Waals surface area contributed by atoms with E-state index in [-0.39, 0.29) is 6.54 Å². The minimum absolute atomic E-state index is 0.289. The van der Waals surface area contributed by atoms with Crippen LogP contribution >= 0.6 is 0 Å². The van der Waals surface area contributed by atoms with Gasteiger partial charge in [-0.2, -0.15) is 0 Å². The second-order valence-electron chi connectivity index (χ2n) is 2.75. The van der Waals surface area contributed by atoms with Crippen LogP contribution in [0.2, 0.25) is 0 Å². The summed E-state index contributed by atoms with van der Waals surface area (Å²) in [5.74, 6) is -0.619. The number of carboxylic acids is 1. The Morgan fingerprint density at radius 2 is 2.36 bits per heavy atom. The van der Waals surface area contributed by atoms with Crippen molar-refractivity contribution in [2.45, 2.75) is 19.8 Å². The Balaban J connectivity index is 3.60. The highest BCUT2D eigenvalue weighted by Gasteiger charge is 1.88. The quantitative estimate of drug-likeness (QED) is 0.249. The van der Waals surface area contributed by atoms with Gasteiger partial charge in [-0.15, -0.1) is 0 Å². The first-order chi connectivity index (χ1) is 6.66. The molecule has 0 spiro atoms. The summed E-state index contributed by atoms with van der Waals surface area (Å²) in [6, 6.07) is 0. The summed E-state index contributed by atoms with van der Waals surface area (Å²) in [6.45, 7) is 3.18. The van der Waals surface area contributed by atoms with Crippen molar-refractivity contribution in [2.24, 2.45) is 10.7 Å². The molecule has 0 aromatic rings. The molecule has 0 bridgehead atoms. The lowest BCUT2D eigenvalue weighted by Crippen LogP contribution is -2.32. The summed E-state index contributed by atoms with van der Waals surface area (Å²) in [4.78, 5) is 14.0. The molecule has 80 valence electrons. The molecule has 0 aromatic heterocycles. The van der Waals surface area contributed by atoms with Crippen molar-refractivity contribution < 1.29 is 9.90 Å². The van der Waals surface area contributed by atoms with Gasteiger partial charge in [-0.05, 0) is 6.42 Å². The summed E-state index contributed by atoms with van der Waals surface area (Å²) in [7, 11) is 0. The molecule has 0 rings (SSSR count). The second-order valence-corrected chi connectivity index (χ2v) is 2.75. The van der Waals surface area contributed by atoms with Crippen molar-refractivity contribution in [2.75, 3.05) is 13.1 Å². The summed E-state index contributed by atoms with van der Waals surface area (Å²) < 4.78 is 0. The Kier molecular flexibility index (Phi) is 7.22. The van der Waals surface area contributed by atoms with Crippen LogP contribution in [-0.2, 0) is 4.79 Å². The van der Waals surface area contributed by atoms with Crippen LogP contribution in [0.25, 0.3) is 0 Å². The van der Waals surface area contributed by atoms with Crippen LogP contribution in [0.4, 0.5) is 0 Å². The number of nitrogens with one attached hydrogen (secondary N) is 1. The predicted molar refractivity (Wildman–Crippen MR) is 56.2 cm³/mol. The lowest BCUT2D eigenvalue weighted by Gasteiger charge is -2.02. The minimum atomic E-state index is -0.974. The van der Waals surface area contributed by atoms with Crippen LogP contribution in [-0.4, -0.2) is 30.1 Å². The molecule has 0 unspecified atom stereocenters. The smallest absolute Gasteiger partial charge is 0.328 e. The molecule has 4 N–H and O–H groups in total. The van der Waals surface area contributed by atoms with Crippen molar-refractivity contribution in [1.29, 1.82) is 0 Å². The number of aliphatic imine (C=N–C) groups is 1. The van der Waals surface area contributed by atoms with Gasteiger partial charge in [-0.3, -0.25) is 0 Å². The Bertz CT molecular complexity index is 224. The molecule has 5 nitrogen and oxygen atoms in total. The Labute approximate surface area is 83.7 Å². The van der Waals surface area contributed by atoms with Crippen LogP contribution in [0.1, 0.15) is 19.8 Å². The monoisotopic (exact) mass is 199 g/mol. The van der Waals surface area contributed by atoms with E-state index in [2.05, 4.69) is 17.2 Å². The second kappa shape index (κ2) is 8.10. The van der Waals surface area contributed by atoms with Crippen molar-refractivity contribution in [3.8, 4) is 0 Å². The van der Waals surface area contributed by atoms with Crippen LogP contribution in [0.3, 0.4) is 0 Å².